The molecule has 1 aliphatic carbocycles. The molecule has 3 rings (SSSR count). The number of amides is 1. The first-order chi connectivity index (χ1) is 12.3. The molecule has 1 amide bonds. The van der Waals surface area contributed by atoms with Gasteiger partial charge in [0.05, 0.1) is 6.04 Å². The van der Waals surface area contributed by atoms with Crippen LogP contribution in [0.1, 0.15) is 37.4 Å². The summed E-state index contributed by atoms with van der Waals surface area (Å²) in [6.45, 7) is 1.28. The zero-order chi connectivity index (χ0) is 18.9. The number of aryl methyl sites for hydroxylation is 1. The topological polar surface area (TPSA) is 58.6 Å². The molecule has 2 aromatic carbocycles. The monoisotopic (exact) mass is 361 g/mol. The smallest absolute Gasteiger partial charge is 0.405 e. The van der Waals surface area contributed by atoms with Gasteiger partial charge in [0.2, 0.25) is 0 Å². The first kappa shape index (κ1) is 18.2. The normalized spacial score (nSPS) is 18.3. The molecule has 1 aliphatic rings. The molecule has 138 valence electrons. The molecule has 4 nitrogen and oxygen atoms in total. The predicted molar refractivity (Wildman–Crippen MR) is 94.5 cm³/mol. The largest absolute Gasteiger partial charge is 0.465 e. The molecule has 6 heteroatoms. The van der Waals surface area contributed by atoms with Gasteiger partial charge in [-0.05, 0) is 52.6 Å². The van der Waals surface area contributed by atoms with Gasteiger partial charge in [0.25, 0.3) is 0 Å². The van der Waals surface area contributed by atoms with Crippen LogP contribution in [0.3, 0.4) is 0 Å². The summed E-state index contributed by atoms with van der Waals surface area (Å²) >= 11 is 0. The summed E-state index contributed by atoms with van der Waals surface area (Å²) in [5, 5.41) is 11.8. The van der Waals surface area contributed by atoms with Crippen molar-refractivity contribution in [2.45, 2.75) is 39.3 Å². The number of ether oxygens (including phenoxy) is 1. The van der Waals surface area contributed by atoms with Crippen LogP contribution in [0.15, 0.2) is 42.5 Å². The molecule has 2 aromatic rings. The fourth-order valence-electron chi connectivity index (χ4n) is 3.53. The maximum Gasteiger partial charge on any atom is 0.405 e. The van der Waals surface area contributed by atoms with Crippen molar-refractivity contribution in [3.8, 4) is 16.9 Å². The summed E-state index contributed by atoms with van der Waals surface area (Å²) in [7, 11) is 0. The second kappa shape index (κ2) is 6.94. The van der Waals surface area contributed by atoms with E-state index in [1.54, 1.807) is 12.1 Å². The van der Waals surface area contributed by atoms with Crippen LogP contribution in [-0.2, 0) is 6.42 Å². The summed E-state index contributed by atoms with van der Waals surface area (Å²) in [6, 6.07) is 12.2. The van der Waals surface area contributed by atoms with Crippen molar-refractivity contribution >= 4 is 6.09 Å². The van der Waals surface area contributed by atoms with Crippen molar-refractivity contribution in [1.29, 1.82) is 0 Å². The summed E-state index contributed by atoms with van der Waals surface area (Å²) < 4.78 is 28.9. The number of halogens is 2. The minimum absolute atomic E-state index is 0.120. The summed E-state index contributed by atoms with van der Waals surface area (Å²) in [5.74, 6) is 0.120. The number of benzene rings is 2. The predicted octanol–water partition coefficient (Wildman–Crippen LogP) is 5.24. The van der Waals surface area contributed by atoms with Gasteiger partial charge in [-0.1, -0.05) is 44.2 Å². The van der Waals surface area contributed by atoms with E-state index in [1.807, 2.05) is 18.2 Å². The Morgan fingerprint density at radius 3 is 2.46 bits per heavy atom. The first-order valence-corrected chi connectivity index (χ1v) is 8.44. The van der Waals surface area contributed by atoms with Crippen LogP contribution in [0.25, 0.3) is 11.1 Å². The Labute approximate surface area is 150 Å². The molecule has 0 fully saturated rings. The van der Waals surface area contributed by atoms with E-state index in [1.165, 1.54) is 12.1 Å². The molecule has 2 N–H and O–H groups in total. The van der Waals surface area contributed by atoms with Gasteiger partial charge in [0.15, 0.2) is 0 Å². The minimum Gasteiger partial charge on any atom is -0.465 e. The number of hydrogen-bond acceptors (Lipinski definition) is 2. The van der Waals surface area contributed by atoms with E-state index in [4.69, 9.17) is 5.11 Å². The summed E-state index contributed by atoms with van der Waals surface area (Å²) in [5.41, 5.74) is 3.78. The lowest BCUT2D eigenvalue weighted by atomic mass is 9.70. The van der Waals surface area contributed by atoms with E-state index in [9.17, 15) is 13.6 Å². The van der Waals surface area contributed by atoms with E-state index in [-0.39, 0.29) is 17.2 Å². The van der Waals surface area contributed by atoms with Crippen LogP contribution in [0.5, 0.6) is 5.75 Å². The summed E-state index contributed by atoms with van der Waals surface area (Å²) in [6.07, 6.45) is 0.699. The van der Waals surface area contributed by atoms with Crippen LogP contribution in [0.4, 0.5) is 13.6 Å². The Balaban J connectivity index is 1.90. The molecule has 26 heavy (non-hydrogen) atoms. The molecule has 0 aromatic heterocycles. The molecule has 0 aliphatic heterocycles. The SMILES string of the molecule is CC1(C)CCc2cc(-c3ccc(OC(F)F)cc3)ccc2[C@H]1NC(=O)O. The lowest BCUT2D eigenvalue weighted by molar-refractivity contribution is -0.0498. The molecular weight excluding hydrogens is 340 g/mol. The molecule has 0 bridgehead atoms. The quantitative estimate of drug-likeness (QED) is 0.783. The van der Waals surface area contributed by atoms with Crippen molar-refractivity contribution in [3.05, 3.63) is 53.6 Å². The zero-order valence-electron chi connectivity index (χ0n) is 14.6. The first-order valence-electron chi connectivity index (χ1n) is 8.44. The third kappa shape index (κ3) is 3.79. The molecular formula is C20H21F2NO3. The maximum absolute atomic E-state index is 12.3. The van der Waals surface area contributed by atoms with Crippen LogP contribution in [0, 0.1) is 5.41 Å². The highest BCUT2D eigenvalue weighted by Crippen LogP contribution is 2.44. The number of rotatable bonds is 4. The number of carbonyl (C=O) groups is 1. The van der Waals surface area contributed by atoms with E-state index >= 15 is 0 Å². The van der Waals surface area contributed by atoms with Gasteiger partial charge < -0.3 is 15.2 Å². The molecule has 0 spiro atoms. The van der Waals surface area contributed by atoms with E-state index in [2.05, 4.69) is 23.9 Å². The maximum atomic E-state index is 12.3. The second-order valence-electron chi connectivity index (χ2n) is 7.19. The Morgan fingerprint density at radius 1 is 1.19 bits per heavy atom. The molecule has 0 unspecified atom stereocenters. The van der Waals surface area contributed by atoms with Crippen molar-refractivity contribution in [1.82, 2.24) is 5.32 Å². The van der Waals surface area contributed by atoms with Gasteiger partial charge in [-0.2, -0.15) is 8.78 Å². The number of carboxylic acid groups (broad SMARTS) is 1. The minimum atomic E-state index is -2.84. The average Bonchev–Trinajstić information content (AvgIpc) is 2.57. The van der Waals surface area contributed by atoms with E-state index < -0.39 is 12.7 Å². The van der Waals surface area contributed by atoms with Crippen LogP contribution in [-0.4, -0.2) is 17.8 Å². The number of fused-ring (bicyclic) bond motifs is 1. The standard InChI is InChI=1S/C20H21F2NO3/c1-20(2)10-9-14-11-13(5-8-16(14)17(20)23-19(24)25)12-3-6-15(7-4-12)26-18(21)22/h3-8,11,17-18,23H,9-10H2,1-2H3,(H,24,25)/t17-/m1/s1. The Bertz CT molecular complexity index is 803. The van der Waals surface area contributed by atoms with Gasteiger partial charge in [0, 0.05) is 0 Å². The Morgan fingerprint density at radius 2 is 1.85 bits per heavy atom. The zero-order valence-corrected chi connectivity index (χ0v) is 14.6. The average molecular weight is 361 g/mol. The van der Waals surface area contributed by atoms with Crippen LogP contribution < -0.4 is 10.1 Å². The highest BCUT2D eigenvalue weighted by atomic mass is 19.3. The van der Waals surface area contributed by atoms with Crippen molar-refractivity contribution in [2.24, 2.45) is 5.41 Å². The Kier molecular flexibility index (Phi) is 4.85. The lowest BCUT2D eigenvalue weighted by Crippen LogP contribution is -2.40. The molecule has 0 saturated carbocycles. The molecule has 0 saturated heterocycles. The highest BCUT2D eigenvalue weighted by molar-refractivity contribution is 5.68. The Hall–Kier alpha value is -2.63. The van der Waals surface area contributed by atoms with Gasteiger partial charge in [-0.15, -0.1) is 0 Å². The summed E-state index contributed by atoms with van der Waals surface area (Å²) in [4.78, 5) is 11.2. The lowest BCUT2D eigenvalue weighted by Gasteiger charge is -2.40. The van der Waals surface area contributed by atoms with E-state index in [0.717, 1.165) is 35.1 Å². The van der Waals surface area contributed by atoms with E-state index in [0.29, 0.717) is 0 Å². The number of nitrogens with one attached hydrogen (secondary N) is 1. The highest BCUT2D eigenvalue weighted by Gasteiger charge is 2.37. The fraction of sp³-hybridized carbons (Fsp3) is 0.350. The van der Waals surface area contributed by atoms with Crippen molar-refractivity contribution in [2.75, 3.05) is 0 Å². The third-order valence-corrected chi connectivity index (χ3v) is 4.95. The molecule has 0 heterocycles. The van der Waals surface area contributed by atoms with Crippen LogP contribution in [0.2, 0.25) is 0 Å². The van der Waals surface area contributed by atoms with Gasteiger partial charge in [-0.25, -0.2) is 4.79 Å². The van der Waals surface area contributed by atoms with Gasteiger partial charge in [-0.3, -0.25) is 0 Å². The fourth-order valence-corrected chi connectivity index (χ4v) is 3.53. The van der Waals surface area contributed by atoms with Gasteiger partial charge >= 0.3 is 12.7 Å². The third-order valence-electron chi connectivity index (χ3n) is 4.95. The van der Waals surface area contributed by atoms with Gasteiger partial charge in [0.1, 0.15) is 5.75 Å². The number of alkyl halides is 2. The van der Waals surface area contributed by atoms with Crippen molar-refractivity contribution < 1.29 is 23.4 Å². The molecule has 1 atom stereocenters. The second-order valence-corrected chi connectivity index (χ2v) is 7.19. The van der Waals surface area contributed by atoms with Crippen LogP contribution >= 0.6 is 0 Å². The molecule has 0 radical (unpaired) electrons. The van der Waals surface area contributed by atoms with Crippen molar-refractivity contribution in [3.63, 3.8) is 0 Å². The number of hydrogen-bond donors (Lipinski definition) is 2.